The van der Waals surface area contributed by atoms with Crippen molar-refractivity contribution in [3.8, 4) is 0 Å². The van der Waals surface area contributed by atoms with E-state index in [1.165, 1.54) is 13.8 Å². The van der Waals surface area contributed by atoms with Crippen LogP contribution in [0.3, 0.4) is 0 Å². The fourth-order valence-electron chi connectivity index (χ4n) is 2.36. The zero-order valence-electron chi connectivity index (χ0n) is 11.1. The lowest BCUT2D eigenvalue weighted by Crippen LogP contribution is -2.47. The predicted molar refractivity (Wildman–Crippen MR) is 64.0 cm³/mol. The molecular formula is C13H18O6. The third-order valence-corrected chi connectivity index (χ3v) is 3.26. The molecule has 0 unspecified atom stereocenters. The molecule has 6 heteroatoms. The molecule has 0 aromatic heterocycles. The maximum Gasteiger partial charge on any atom is 0.302 e. The molecule has 0 aromatic rings. The number of esters is 2. The van der Waals surface area contributed by atoms with E-state index in [0.29, 0.717) is 13.0 Å². The highest BCUT2D eigenvalue weighted by molar-refractivity contribution is 5.66. The van der Waals surface area contributed by atoms with Crippen molar-refractivity contribution >= 4 is 11.9 Å². The molecule has 0 radical (unpaired) electrons. The van der Waals surface area contributed by atoms with Crippen molar-refractivity contribution in [2.75, 3.05) is 13.2 Å². The summed E-state index contributed by atoms with van der Waals surface area (Å²) >= 11 is 0. The highest BCUT2D eigenvalue weighted by Crippen LogP contribution is 2.37. The largest absolute Gasteiger partial charge is 0.463 e. The van der Waals surface area contributed by atoms with Gasteiger partial charge < -0.3 is 18.9 Å². The van der Waals surface area contributed by atoms with Gasteiger partial charge in [0, 0.05) is 19.8 Å². The van der Waals surface area contributed by atoms with Gasteiger partial charge in [0.2, 0.25) is 0 Å². The van der Waals surface area contributed by atoms with Crippen LogP contribution in [0.5, 0.6) is 0 Å². The number of rotatable bonds is 3. The maximum atomic E-state index is 11.1. The van der Waals surface area contributed by atoms with Gasteiger partial charge in [-0.15, -0.1) is 0 Å². The van der Waals surface area contributed by atoms with Crippen LogP contribution in [0, 0.1) is 5.92 Å². The molecule has 106 valence electrons. The summed E-state index contributed by atoms with van der Waals surface area (Å²) in [6, 6.07) is 0. The van der Waals surface area contributed by atoms with Crippen LogP contribution >= 0.6 is 0 Å². The quantitative estimate of drug-likeness (QED) is 0.558. The normalized spacial score (nSPS) is 33.7. The lowest BCUT2D eigenvalue weighted by molar-refractivity contribution is -0.234. The average Bonchev–Trinajstić information content (AvgIpc) is 2.67. The van der Waals surface area contributed by atoms with E-state index in [-0.39, 0.29) is 24.8 Å². The molecule has 2 fully saturated rings. The molecule has 19 heavy (non-hydrogen) atoms. The first-order chi connectivity index (χ1) is 8.97. The van der Waals surface area contributed by atoms with E-state index in [0.717, 1.165) is 5.57 Å². The lowest BCUT2D eigenvalue weighted by Gasteiger charge is -2.36. The zero-order chi connectivity index (χ0) is 14.0. The van der Waals surface area contributed by atoms with E-state index in [9.17, 15) is 9.59 Å². The Morgan fingerprint density at radius 1 is 1.37 bits per heavy atom. The van der Waals surface area contributed by atoms with Gasteiger partial charge in [-0.2, -0.15) is 0 Å². The first-order valence-electron chi connectivity index (χ1n) is 6.22. The molecule has 2 rings (SSSR count). The van der Waals surface area contributed by atoms with Crippen LogP contribution in [0.15, 0.2) is 12.2 Å². The SMILES string of the molecule is C=C1CO[C@H]2O[C@H](COC(C)=O)[C@@H](OC(C)=O)C[C@@H]12. The molecule has 6 nitrogen and oxygen atoms in total. The Morgan fingerprint density at radius 2 is 2.11 bits per heavy atom. The topological polar surface area (TPSA) is 71.1 Å². The fraction of sp³-hybridized carbons (Fsp3) is 0.692. The fourth-order valence-corrected chi connectivity index (χ4v) is 2.36. The van der Waals surface area contributed by atoms with Crippen LogP contribution < -0.4 is 0 Å². The minimum Gasteiger partial charge on any atom is -0.463 e. The number of hydrogen-bond acceptors (Lipinski definition) is 6. The average molecular weight is 270 g/mol. The molecule has 0 spiro atoms. The molecule has 0 bridgehead atoms. The van der Waals surface area contributed by atoms with Gasteiger partial charge in [0.15, 0.2) is 6.29 Å². The lowest BCUT2D eigenvalue weighted by atomic mass is 9.91. The van der Waals surface area contributed by atoms with Crippen molar-refractivity contribution in [3.63, 3.8) is 0 Å². The monoisotopic (exact) mass is 270 g/mol. The van der Waals surface area contributed by atoms with Gasteiger partial charge >= 0.3 is 11.9 Å². The van der Waals surface area contributed by atoms with Gasteiger partial charge in [-0.1, -0.05) is 6.58 Å². The zero-order valence-corrected chi connectivity index (χ0v) is 11.1. The van der Waals surface area contributed by atoms with E-state index in [1.807, 2.05) is 0 Å². The Hall–Kier alpha value is -1.40. The van der Waals surface area contributed by atoms with E-state index in [1.54, 1.807) is 0 Å². The molecule has 0 N–H and O–H groups in total. The third kappa shape index (κ3) is 3.33. The van der Waals surface area contributed by atoms with Crippen LogP contribution in [0.1, 0.15) is 20.3 Å². The molecule has 0 amide bonds. The summed E-state index contributed by atoms with van der Waals surface area (Å²) in [4.78, 5) is 22.0. The molecule has 2 aliphatic rings. The number of carbonyl (C=O) groups excluding carboxylic acids is 2. The molecule has 2 heterocycles. The Morgan fingerprint density at radius 3 is 2.74 bits per heavy atom. The first kappa shape index (κ1) is 14.0. The van der Waals surface area contributed by atoms with Gasteiger partial charge in [-0.05, 0) is 12.0 Å². The highest BCUT2D eigenvalue weighted by Gasteiger charge is 2.44. The van der Waals surface area contributed by atoms with Crippen molar-refractivity contribution in [1.29, 1.82) is 0 Å². The predicted octanol–water partition coefficient (Wildman–Crippen LogP) is 0.799. The van der Waals surface area contributed by atoms with Crippen molar-refractivity contribution in [3.05, 3.63) is 12.2 Å². The van der Waals surface area contributed by atoms with Crippen LogP contribution in [0.25, 0.3) is 0 Å². The summed E-state index contributed by atoms with van der Waals surface area (Å²) in [5, 5.41) is 0. The molecule has 4 atom stereocenters. The van der Waals surface area contributed by atoms with Crippen LogP contribution in [-0.2, 0) is 28.5 Å². The minimum atomic E-state index is -0.500. The molecule has 0 aliphatic carbocycles. The Balaban J connectivity index is 2.03. The molecular weight excluding hydrogens is 252 g/mol. The number of fused-ring (bicyclic) bond motifs is 1. The van der Waals surface area contributed by atoms with Crippen LogP contribution in [-0.4, -0.2) is 43.7 Å². The minimum absolute atomic E-state index is 0.0259. The van der Waals surface area contributed by atoms with Gasteiger partial charge in [0.05, 0.1) is 6.61 Å². The van der Waals surface area contributed by atoms with Crippen LogP contribution in [0.2, 0.25) is 0 Å². The summed E-state index contributed by atoms with van der Waals surface area (Å²) in [6.07, 6.45) is -0.758. The van der Waals surface area contributed by atoms with E-state index < -0.39 is 18.2 Å². The van der Waals surface area contributed by atoms with Gasteiger partial charge in [0.25, 0.3) is 0 Å². The highest BCUT2D eigenvalue weighted by atomic mass is 16.7. The van der Waals surface area contributed by atoms with Crippen molar-refractivity contribution in [1.82, 2.24) is 0 Å². The second kappa shape index (κ2) is 5.71. The second-order valence-electron chi connectivity index (χ2n) is 4.80. The molecule has 2 aliphatic heterocycles. The standard InChI is InChI=1S/C13H18O6/c1-7-5-17-13-10(7)4-11(18-9(3)15)12(19-13)6-16-8(2)14/h10-13H,1,4-6H2,2-3H3/t10-,11-,12+,13-/m0/s1. The number of carbonyl (C=O) groups is 2. The van der Waals surface area contributed by atoms with Gasteiger partial charge in [0.1, 0.15) is 18.8 Å². The Bertz CT molecular complexity index is 391. The summed E-state index contributed by atoms with van der Waals surface area (Å²) in [7, 11) is 0. The molecule has 0 aromatic carbocycles. The van der Waals surface area contributed by atoms with E-state index in [2.05, 4.69) is 6.58 Å². The summed E-state index contributed by atoms with van der Waals surface area (Å²) in [6.45, 7) is 7.08. The number of ether oxygens (including phenoxy) is 4. The Labute approximate surface area is 111 Å². The summed E-state index contributed by atoms with van der Waals surface area (Å²) < 4.78 is 21.3. The molecule has 0 saturated carbocycles. The molecule has 2 saturated heterocycles. The second-order valence-corrected chi connectivity index (χ2v) is 4.80. The van der Waals surface area contributed by atoms with Gasteiger partial charge in [-0.3, -0.25) is 9.59 Å². The van der Waals surface area contributed by atoms with Crippen molar-refractivity contribution in [2.45, 2.75) is 38.8 Å². The van der Waals surface area contributed by atoms with Crippen LogP contribution in [0.4, 0.5) is 0 Å². The number of hydrogen-bond donors (Lipinski definition) is 0. The van der Waals surface area contributed by atoms with E-state index in [4.69, 9.17) is 18.9 Å². The van der Waals surface area contributed by atoms with Crippen molar-refractivity contribution < 1.29 is 28.5 Å². The smallest absolute Gasteiger partial charge is 0.302 e. The summed E-state index contributed by atoms with van der Waals surface area (Å²) in [5.41, 5.74) is 0.938. The third-order valence-electron chi connectivity index (χ3n) is 3.26. The Kier molecular flexibility index (Phi) is 4.21. The maximum absolute atomic E-state index is 11.1. The van der Waals surface area contributed by atoms with Crippen molar-refractivity contribution in [2.24, 2.45) is 5.92 Å². The summed E-state index contributed by atoms with van der Waals surface area (Å²) in [5.74, 6) is -0.758. The van der Waals surface area contributed by atoms with Gasteiger partial charge in [-0.25, -0.2) is 0 Å². The van der Waals surface area contributed by atoms with E-state index >= 15 is 0 Å². The first-order valence-corrected chi connectivity index (χ1v) is 6.22.